The number of hydrogen-bond donors (Lipinski definition) is 1. The Labute approximate surface area is 205 Å². The number of benzene rings is 1. The normalized spacial score (nSPS) is 24.7. The molecule has 0 heterocycles. The molecule has 0 spiro atoms. The van der Waals surface area contributed by atoms with E-state index < -0.39 is 21.8 Å². The van der Waals surface area contributed by atoms with Gasteiger partial charge in [-0.3, -0.25) is 14.1 Å². The average Bonchev–Trinajstić information content (AvgIpc) is 2.82. The molecule has 3 rings (SSSR count). The molecule has 1 aromatic carbocycles. The molecule has 0 saturated heterocycles. The van der Waals surface area contributed by atoms with Crippen molar-refractivity contribution in [2.45, 2.75) is 57.5 Å². The lowest BCUT2D eigenvalue weighted by Gasteiger charge is -2.40. The first-order valence-corrected chi connectivity index (χ1v) is 13.3. The second-order valence-corrected chi connectivity index (χ2v) is 10.8. The summed E-state index contributed by atoms with van der Waals surface area (Å²) in [6.45, 7) is -0.349. The van der Waals surface area contributed by atoms with Gasteiger partial charge in [-0.15, -0.1) is 0 Å². The van der Waals surface area contributed by atoms with Gasteiger partial charge < -0.3 is 9.47 Å². The zero-order chi connectivity index (χ0) is 24.9. The Bertz CT molecular complexity index is 973. The number of hydrogen-bond acceptors (Lipinski definition) is 6. The minimum Gasteiger partial charge on any atom is -0.464 e. The molecule has 4 unspecified atom stereocenters. The molecule has 6 radical (unpaired) electrons. The van der Waals surface area contributed by atoms with Gasteiger partial charge >= 0.3 is 11.9 Å². The molecule has 7 nitrogen and oxygen atoms in total. The molecule has 4 atom stereocenters. The topological polar surface area (TPSA) is 107 Å². The fourth-order valence-electron chi connectivity index (χ4n) is 5.25. The van der Waals surface area contributed by atoms with E-state index in [4.69, 9.17) is 37.6 Å². The van der Waals surface area contributed by atoms with Gasteiger partial charge in [0, 0.05) is 0 Å². The van der Waals surface area contributed by atoms with E-state index in [1.807, 2.05) is 12.1 Å². The second kappa shape index (κ2) is 11.8. The Balaban J connectivity index is 1.57. The van der Waals surface area contributed by atoms with Gasteiger partial charge in [0.2, 0.25) is 0 Å². The molecule has 2 aliphatic carbocycles. The third kappa shape index (κ3) is 6.91. The van der Waals surface area contributed by atoms with Crippen molar-refractivity contribution in [1.29, 1.82) is 0 Å². The van der Waals surface area contributed by atoms with Gasteiger partial charge in [0.15, 0.2) is 0 Å². The molecule has 178 valence electrons. The van der Waals surface area contributed by atoms with Crippen molar-refractivity contribution in [2.24, 2.45) is 23.7 Å². The lowest BCUT2D eigenvalue weighted by atomic mass is 9.65. The molecule has 1 N–H and O–H groups in total. The first kappa shape index (κ1) is 26.9. The predicted molar refractivity (Wildman–Crippen MR) is 129 cm³/mol. The van der Waals surface area contributed by atoms with Crippen LogP contribution in [-0.2, 0) is 43.4 Å². The highest BCUT2D eigenvalue weighted by Crippen LogP contribution is 2.45. The molecule has 34 heavy (non-hydrogen) atoms. The minimum absolute atomic E-state index is 0.209. The van der Waals surface area contributed by atoms with E-state index in [-0.39, 0.29) is 37.1 Å². The van der Waals surface area contributed by atoms with E-state index in [9.17, 15) is 18.0 Å². The van der Waals surface area contributed by atoms with Gasteiger partial charge in [0.1, 0.15) is 18.1 Å². The van der Waals surface area contributed by atoms with Crippen LogP contribution in [-0.4, -0.2) is 60.8 Å². The molecular formula is C23H29B3O7S. The van der Waals surface area contributed by atoms with Crippen LogP contribution in [0.2, 0.25) is 0 Å². The van der Waals surface area contributed by atoms with Crippen LogP contribution < -0.4 is 4.74 Å². The fraction of sp³-hybridized carbons (Fsp3) is 0.652. The number of rotatable bonds is 9. The highest BCUT2D eigenvalue weighted by molar-refractivity contribution is 7.85. The number of fused-ring (bicyclic) bond motifs is 1. The zero-order valence-corrected chi connectivity index (χ0v) is 20.1. The number of carbonyl (C=O) groups is 2. The molecule has 0 aliphatic heterocycles. The molecule has 1 aromatic rings. The van der Waals surface area contributed by atoms with Gasteiger partial charge in [-0.25, -0.2) is 0 Å². The summed E-state index contributed by atoms with van der Waals surface area (Å²) < 4.78 is 41.2. The maximum Gasteiger partial charge on any atom is 0.314 e. The van der Waals surface area contributed by atoms with Gasteiger partial charge in [-0.2, -0.15) is 8.42 Å². The lowest BCUT2D eigenvalue weighted by Crippen LogP contribution is -2.37. The smallest absolute Gasteiger partial charge is 0.314 e. The van der Waals surface area contributed by atoms with Crippen LogP contribution in [0.3, 0.4) is 0 Å². The van der Waals surface area contributed by atoms with Crippen LogP contribution in [0.5, 0.6) is 5.75 Å². The van der Waals surface area contributed by atoms with Crippen molar-refractivity contribution in [3.05, 3.63) is 28.8 Å². The third-order valence-electron chi connectivity index (χ3n) is 7.05. The molecule has 11 heteroatoms. The highest BCUT2D eigenvalue weighted by atomic mass is 32.2. The quantitative estimate of drug-likeness (QED) is 0.248. The summed E-state index contributed by atoms with van der Waals surface area (Å²) in [6, 6.07) is 3.68. The highest BCUT2D eigenvalue weighted by Gasteiger charge is 2.40. The van der Waals surface area contributed by atoms with Crippen molar-refractivity contribution in [3.63, 3.8) is 0 Å². The lowest BCUT2D eigenvalue weighted by molar-refractivity contribution is -0.151. The van der Waals surface area contributed by atoms with Crippen LogP contribution in [0.25, 0.3) is 0 Å². The van der Waals surface area contributed by atoms with E-state index >= 15 is 0 Å². The first-order valence-electron chi connectivity index (χ1n) is 11.7. The maximum absolute atomic E-state index is 13.0. The summed E-state index contributed by atoms with van der Waals surface area (Å²) in [4.78, 5) is 25.3. The van der Waals surface area contributed by atoms with Crippen LogP contribution in [0.15, 0.2) is 12.1 Å². The summed E-state index contributed by atoms with van der Waals surface area (Å²) in [5, 5.41) is 0. The first-order chi connectivity index (χ1) is 16.1. The Morgan fingerprint density at radius 3 is 1.88 bits per heavy atom. The Morgan fingerprint density at radius 1 is 0.882 bits per heavy atom. The van der Waals surface area contributed by atoms with Crippen molar-refractivity contribution in [2.75, 3.05) is 12.4 Å². The van der Waals surface area contributed by atoms with Crippen LogP contribution in [0.1, 0.15) is 55.2 Å². The largest absolute Gasteiger partial charge is 0.464 e. The summed E-state index contributed by atoms with van der Waals surface area (Å²) in [6.07, 6.45) is 5.01. The summed E-state index contributed by atoms with van der Waals surface area (Å²) in [5.41, 5.74) is 2.30. The van der Waals surface area contributed by atoms with Crippen molar-refractivity contribution in [3.8, 4) is 5.75 Å². The van der Waals surface area contributed by atoms with E-state index in [0.717, 1.165) is 18.4 Å². The zero-order valence-electron chi connectivity index (χ0n) is 19.3. The van der Waals surface area contributed by atoms with Gasteiger partial charge in [0.05, 0.1) is 35.4 Å². The summed E-state index contributed by atoms with van der Waals surface area (Å²) >= 11 is 0. The van der Waals surface area contributed by atoms with Crippen LogP contribution in [0.4, 0.5) is 0 Å². The molecule has 0 aromatic heterocycles. The van der Waals surface area contributed by atoms with Crippen molar-refractivity contribution in [1.82, 2.24) is 0 Å². The standard InChI is InChI=1S/C23H29B3O7S/c24-11-14-7-19(12-25)21(20(8-14)13-26)33-23(28)18-4-2-15-9-17(3-1-16(15)10-18)22(27)32-5-6-34(29,30)31/h7-8,15-18H,1-6,9-13H2,(H,29,30,31). The maximum atomic E-state index is 13.0. The van der Waals surface area contributed by atoms with E-state index in [0.29, 0.717) is 60.7 Å². The van der Waals surface area contributed by atoms with Gasteiger partial charge in [-0.1, -0.05) is 36.7 Å². The summed E-state index contributed by atoms with van der Waals surface area (Å²) in [5.74, 6) is -0.769. The molecule has 2 aliphatic rings. The Morgan fingerprint density at radius 2 is 1.41 bits per heavy atom. The Hall–Kier alpha value is -1.74. The molecule has 0 bridgehead atoms. The number of esters is 2. The number of carbonyl (C=O) groups excluding carboxylic acids is 2. The molecule has 2 saturated carbocycles. The van der Waals surface area contributed by atoms with Crippen molar-refractivity contribution < 1.29 is 32.0 Å². The van der Waals surface area contributed by atoms with E-state index in [1.54, 1.807) is 0 Å². The third-order valence-corrected chi connectivity index (χ3v) is 7.73. The summed E-state index contributed by atoms with van der Waals surface area (Å²) in [7, 11) is 13.3. The van der Waals surface area contributed by atoms with E-state index in [1.165, 1.54) is 0 Å². The van der Waals surface area contributed by atoms with Gasteiger partial charge in [0.25, 0.3) is 10.1 Å². The van der Waals surface area contributed by atoms with Gasteiger partial charge in [-0.05, 0) is 61.5 Å². The molecule has 2 fully saturated rings. The molecule has 0 amide bonds. The second-order valence-electron chi connectivity index (χ2n) is 9.27. The predicted octanol–water partition coefficient (Wildman–Crippen LogP) is 1.86. The molecular weight excluding hydrogens is 453 g/mol. The minimum atomic E-state index is -4.16. The Kier molecular flexibility index (Phi) is 9.32. The number of ether oxygens (including phenoxy) is 2. The SMILES string of the molecule is [B]Cc1cc(C[B])c(OC(=O)C2CCC3CC(C(=O)OCCS(=O)(=O)O)CCC3C2)c(C[B])c1. The van der Waals surface area contributed by atoms with Crippen molar-refractivity contribution >= 4 is 45.6 Å². The van der Waals surface area contributed by atoms with Crippen LogP contribution >= 0.6 is 0 Å². The van der Waals surface area contributed by atoms with Crippen LogP contribution in [0, 0.1) is 23.7 Å². The van der Waals surface area contributed by atoms with E-state index in [2.05, 4.69) is 0 Å². The average molecular weight is 482 g/mol. The monoisotopic (exact) mass is 482 g/mol. The fourth-order valence-corrected chi connectivity index (χ4v) is 5.54.